The fraction of sp³-hybridized carbons (Fsp3) is 0.188. The van der Waals surface area contributed by atoms with Gasteiger partial charge in [0, 0.05) is 12.2 Å². The average Bonchev–Trinajstić information content (AvgIpc) is 2.42. The van der Waals surface area contributed by atoms with Crippen LogP contribution in [0.2, 0.25) is 0 Å². The Morgan fingerprint density at radius 1 is 1.11 bits per heavy atom. The molecule has 0 radical (unpaired) electrons. The first kappa shape index (κ1) is 12.2. The van der Waals surface area contributed by atoms with E-state index in [-0.39, 0.29) is 0 Å². The van der Waals surface area contributed by atoms with Gasteiger partial charge in [0.2, 0.25) is 0 Å². The molecule has 0 heterocycles. The molecular weight excluding hydrogens is 220 g/mol. The molecule has 0 aliphatic rings. The van der Waals surface area contributed by atoms with Crippen molar-refractivity contribution in [3.63, 3.8) is 0 Å². The van der Waals surface area contributed by atoms with Gasteiger partial charge in [0.25, 0.3) is 0 Å². The monoisotopic (exact) mass is 236 g/mol. The molecule has 0 atom stereocenters. The second-order valence-electron chi connectivity index (χ2n) is 4.30. The highest BCUT2D eigenvalue weighted by molar-refractivity contribution is 5.54. The Balaban J connectivity index is 1.93. The lowest BCUT2D eigenvalue weighted by atomic mass is 10.1. The van der Waals surface area contributed by atoms with Crippen molar-refractivity contribution in [1.29, 1.82) is 5.26 Å². The van der Waals surface area contributed by atoms with Gasteiger partial charge in [0.1, 0.15) is 0 Å². The van der Waals surface area contributed by atoms with Crippen molar-refractivity contribution in [3.05, 3.63) is 65.2 Å². The minimum atomic E-state index is 0.709. The van der Waals surface area contributed by atoms with E-state index in [1.165, 1.54) is 5.56 Å². The molecular formula is C16H16N2. The molecule has 0 spiro atoms. The summed E-state index contributed by atoms with van der Waals surface area (Å²) in [7, 11) is 0. The van der Waals surface area contributed by atoms with Crippen LogP contribution < -0.4 is 5.32 Å². The van der Waals surface area contributed by atoms with Crippen LogP contribution in [-0.4, -0.2) is 6.54 Å². The van der Waals surface area contributed by atoms with Crippen LogP contribution in [0.1, 0.15) is 16.7 Å². The van der Waals surface area contributed by atoms with E-state index < -0.39 is 0 Å². The number of nitrogens with zero attached hydrogens (tertiary/aromatic N) is 1. The molecule has 2 rings (SSSR count). The highest BCUT2D eigenvalue weighted by Gasteiger charge is 1.99. The standard InChI is InChI=1S/C16H16N2/c1-13-11-15(12-17)7-8-16(13)18-10-9-14-5-3-2-4-6-14/h2-8,11,18H,9-10H2,1H3. The summed E-state index contributed by atoms with van der Waals surface area (Å²) in [5.41, 5.74) is 4.25. The number of hydrogen-bond donors (Lipinski definition) is 1. The Kier molecular flexibility index (Phi) is 3.98. The van der Waals surface area contributed by atoms with Crippen LogP contribution in [0.3, 0.4) is 0 Å². The van der Waals surface area contributed by atoms with E-state index >= 15 is 0 Å². The average molecular weight is 236 g/mol. The number of rotatable bonds is 4. The van der Waals surface area contributed by atoms with Gasteiger partial charge in [-0.15, -0.1) is 0 Å². The van der Waals surface area contributed by atoms with Gasteiger partial charge < -0.3 is 5.32 Å². The SMILES string of the molecule is Cc1cc(C#N)ccc1NCCc1ccccc1. The van der Waals surface area contributed by atoms with Gasteiger partial charge in [-0.3, -0.25) is 0 Å². The molecule has 0 fully saturated rings. The van der Waals surface area contributed by atoms with Crippen molar-refractivity contribution < 1.29 is 0 Å². The topological polar surface area (TPSA) is 35.8 Å². The number of hydrogen-bond acceptors (Lipinski definition) is 2. The Labute approximate surface area is 108 Å². The van der Waals surface area contributed by atoms with E-state index in [1.807, 2.05) is 31.2 Å². The first-order chi connectivity index (χ1) is 8.79. The number of anilines is 1. The summed E-state index contributed by atoms with van der Waals surface area (Å²) in [6.45, 7) is 2.92. The molecule has 0 saturated carbocycles. The Hall–Kier alpha value is -2.27. The van der Waals surface area contributed by atoms with Crippen molar-refractivity contribution >= 4 is 5.69 Å². The van der Waals surface area contributed by atoms with Gasteiger partial charge in [-0.05, 0) is 42.7 Å². The van der Waals surface area contributed by atoms with Crippen molar-refractivity contribution in [2.75, 3.05) is 11.9 Å². The third-order valence-electron chi connectivity index (χ3n) is 2.93. The van der Waals surface area contributed by atoms with Gasteiger partial charge in [0.05, 0.1) is 11.6 Å². The minimum absolute atomic E-state index is 0.709. The molecule has 2 aromatic rings. The van der Waals surface area contributed by atoms with Gasteiger partial charge >= 0.3 is 0 Å². The number of aryl methyl sites for hydroxylation is 1. The zero-order valence-corrected chi connectivity index (χ0v) is 10.5. The van der Waals surface area contributed by atoms with Crippen LogP contribution in [0.4, 0.5) is 5.69 Å². The smallest absolute Gasteiger partial charge is 0.0991 e. The maximum atomic E-state index is 8.81. The van der Waals surface area contributed by atoms with Gasteiger partial charge in [-0.2, -0.15) is 5.26 Å². The highest BCUT2D eigenvalue weighted by Crippen LogP contribution is 2.16. The van der Waals surface area contributed by atoms with Crippen LogP contribution in [-0.2, 0) is 6.42 Å². The lowest BCUT2D eigenvalue weighted by molar-refractivity contribution is 1.02. The van der Waals surface area contributed by atoms with Gasteiger partial charge in [-0.25, -0.2) is 0 Å². The normalized spacial score (nSPS) is 9.78. The summed E-state index contributed by atoms with van der Waals surface area (Å²) < 4.78 is 0. The molecule has 0 amide bonds. The lowest BCUT2D eigenvalue weighted by Crippen LogP contribution is -2.06. The predicted octanol–water partition coefficient (Wildman–Crippen LogP) is 3.52. The second-order valence-corrected chi connectivity index (χ2v) is 4.30. The van der Waals surface area contributed by atoms with Crippen LogP contribution in [0.25, 0.3) is 0 Å². The molecule has 2 heteroatoms. The maximum absolute atomic E-state index is 8.81. The predicted molar refractivity (Wildman–Crippen MR) is 74.5 cm³/mol. The molecule has 0 aliphatic carbocycles. The van der Waals surface area contributed by atoms with E-state index in [0.29, 0.717) is 5.56 Å². The molecule has 0 aliphatic heterocycles. The summed E-state index contributed by atoms with van der Waals surface area (Å²) in [5.74, 6) is 0. The first-order valence-electron chi connectivity index (χ1n) is 6.08. The zero-order chi connectivity index (χ0) is 12.8. The Morgan fingerprint density at radius 3 is 2.56 bits per heavy atom. The summed E-state index contributed by atoms with van der Waals surface area (Å²) >= 11 is 0. The van der Waals surface area contributed by atoms with E-state index in [0.717, 1.165) is 24.2 Å². The molecule has 0 bridgehead atoms. The van der Waals surface area contributed by atoms with E-state index in [2.05, 4.69) is 35.7 Å². The van der Waals surface area contributed by atoms with Gasteiger partial charge in [-0.1, -0.05) is 30.3 Å². The lowest BCUT2D eigenvalue weighted by Gasteiger charge is -2.09. The number of nitrogens with one attached hydrogen (secondary N) is 1. The van der Waals surface area contributed by atoms with Crippen LogP contribution in [0, 0.1) is 18.3 Å². The second kappa shape index (κ2) is 5.88. The fourth-order valence-electron chi connectivity index (χ4n) is 1.92. The zero-order valence-electron chi connectivity index (χ0n) is 10.5. The minimum Gasteiger partial charge on any atom is -0.384 e. The third kappa shape index (κ3) is 3.11. The van der Waals surface area contributed by atoms with Crippen molar-refractivity contribution in [2.24, 2.45) is 0 Å². The Bertz CT molecular complexity index is 553. The summed E-state index contributed by atoms with van der Waals surface area (Å²) in [6, 6.07) is 18.3. The quantitative estimate of drug-likeness (QED) is 0.881. The summed E-state index contributed by atoms with van der Waals surface area (Å²) in [4.78, 5) is 0. The molecule has 0 aromatic heterocycles. The van der Waals surface area contributed by atoms with Crippen LogP contribution >= 0.6 is 0 Å². The molecule has 2 nitrogen and oxygen atoms in total. The molecule has 0 unspecified atom stereocenters. The largest absolute Gasteiger partial charge is 0.384 e. The molecule has 2 aromatic carbocycles. The summed E-state index contributed by atoms with van der Waals surface area (Å²) in [6.07, 6.45) is 1.00. The first-order valence-corrected chi connectivity index (χ1v) is 6.08. The van der Waals surface area contributed by atoms with Crippen molar-refractivity contribution in [1.82, 2.24) is 0 Å². The summed E-state index contributed by atoms with van der Waals surface area (Å²) in [5, 5.41) is 12.2. The number of benzene rings is 2. The number of nitriles is 1. The van der Waals surface area contributed by atoms with E-state index in [4.69, 9.17) is 5.26 Å². The van der Waals surface area contributed by atoms with Crippen molar-refractivity contribution in [2.45, 2.75) is 13.3 Å². The highest BCUT2D eigenvalue weighted by atomic mass is 14.9. The van der Waals surface area contributed by atoms with E-state index in [1.54, 1.807) is 0 Å². The van der Waals surface area contributed by atoms with Crippen molar-refractivity contribution in [3.8, 4) is 6.07 Å². The molecule has 1 N–H and O–H groups in total. The molecule has 18 heavy (non-hydrogen) atoms. The third-order valence-corrected chi connectivity index (χ3v) is 2.93. The van der Waals surface area contributed by atoms with Crippen LogP contribution in [0.15, 0.2) is 48.5 Å². The molecule has 0 saturated heterocycles. The van der Waals surface area contributed by atoms with Gasteiger partial charge in [0.15, 0.2) is 0 Å². The van der Waals surface area contributed by atoms with E-state index in [9.17, 15) is 0 Å². The van der Waals surface area contributed by atoms with Crippen LogP contribution in [0.5, 0.6) is 0 Å². The fourth-order valence-corrected chi connectivity index (χ4v) is 1.92. The molecule has 90 valence electrons. The maximum Gasteiger partial charge on any atom is 0.0991 e. The Morgan fingerprint density at radius 2 is 1.89 bits per heavy atom.